The number of benzene rings is 1. The fraction of sp³-hybridized carbons (Fsp3) is 0.400. The van der Waals surface area contributed by atoms with Crippen LogP contribution in [0, 0.1) is 0 Å². The molecule has 2 fully saturated rings. The largest absolute Gasteiger partial charge is 0.416 e. The summed E-state index contributed by atoms with van der Waals surface area (Å²) in [5, 5.41) is 4.67. The molecular weight excluding hydrogens is 369 g/mol. The van der Waals surface area contributed by atoms with Crippen LogP contribution in [0.3, 0.4) is 0 Å². The lowest BCUT2D eigenvalue weighted by Gasteiger charge is -2.17. The van der Waals surface area contributed by atoms with E-state index in [4.69, 9.17) is 4.74 Å². The van der Waals surface area contributed by atoms with Crippen molar-refractivity contribution in [3.8, 4) is 11.3 Å². The number of fused-ring (bicyclic) bond motifs is 1. The van der Waals surface area contributed by atoms with Crippen molar-refractivity contribution in [2.45, 2.75) is 37.6 Å². The molecule has 1 atom stereocenters. The monoisotopic (exact) mass is 388 g/mol. The summed E-state index contributed by atoms with van der Waals surface area (Å²) in [6.07, 6.45) is -1.90. The predicted molar refractivity (Wildman–Crippen MR) is 98.2 cm³/mol. The number of epoxide rings is 1. The first-order valence-electron chi connectivity index (χ1n) is 9.16. The maximum atomic E-state index is 13.1. The molecule has 0 amide bonds. The van der Waals surface area contributed by atoms with Crippen molar-refractivity contribution in [2.24, 2.45) is 0 Å². The number of rotatable bonds is 2. The third-order valence-corrected chi connectivity index (χ3v) is 5.90. The van der Waals surface area contributed by atoms with Gasteiger partial charge in [0.05, 0.1) is 29.6 Å². The zero-order valence-electron chi connectivity index (χ0n) is 15.5. The summed E-state index contributed by atoms with van der Waals surface area (Å²) >= 11 is 0. The lowest BCUT2D eigenvalue weighted by Crippen LogP contribution is -2.28. The summed E-state index contributed by atoms with van der Waals surface area (Å²) in [5.74, 6) is 0.766. The van der Waals surface area contributed by atoms with Gasteiger partial charge in [0, 0.05) is 12.1 Å². The topological polar surface area (TPSA) is 46.0 Å². The van der Waals surface area contributed by atoms with E-state index < -0.39 is 11.7 Å². The molecule has 3 aromatic rings. The normalized spacial score (nSPS) is 23.7. The maximum Gasteiger partial charge on any atom is 0.416 e. The third-order valence-electron chi connectivity index (χ3n) is 5.90. The second-order valence-corrected chi connectivity index (χ2v) is 7.96. The summed E-state index contributed by atoms with van der Waals surface area (Å²) in [4.78, 5) is 6.45. The molecule has 28 heavy (non-hydrogen) atoms. The molecule has 2 aromatic heterocycles. The van der Waals surface area contributed by atoms with Crippen LogP contribution in [0.5, 0.6) is 0 Å². The van der Waals surface area contributed by atoms with Gasteiger partial charge in [-0.2, -0.15) is 13.2 Å². The fourth-order valence-electron chi connectivity index (χ4n) is 4.10. The Morgan fingerprint density at radius 2 is 1.93 bits per heavy atom. The van der Waals surface area contributed by atoms with Gasteiger partial charge < -0.3 is 9.64 Å². The third kappa shape index (κ3) is 2.58. The number of hydrogen-bond donors (Lipinski definition) is 0. The minimum Gasteiger partial charge on any atom is -0.361 e. The Labute approximate surface area is 159 Å². The lowest BCUT2D eigenvalue weighted by molar-refractivity contribution is -0.137. The first-order chi connectivity index (χ1) is 13.2. The Morgan fingerprint density at radius 3 is 2.61 bits per heavy atom. The highest BCUT2D eigenvalue weighted by Crippen LogP contribution is 2.53. The molecule has 5 nitrogen and oxygen atoms in total. The maximum absolute atomic E-state index is 13.1. The Hall–Kier alpha value is -2.61. The van der Waals surface area contributed by atoms with E-state index in [1.54, 1.807) is 16.8 Å². The van der Waals surface area contributed by atoms with Gasteiger partial charge in [-0.1, -0.05) is 12.1 Å². The Morgan fingerprint density at radius 1 is 1.14 bits per heavy atom. The van der Waals surface area contributed by atoms with Crippen molar-refractivity contribution < 1.29 is 17.9 Å². The number of halogens is 3. The molecule has 2 aliphatic heterocycles. The van der Waals surface area contributed by atoms with Crippen LogP contribution in [0.1, 0.15) is 25.8 Å². The smallest absolute Gasteiger partial charge is 0.361 e. The lowest BCUT2D eigenvalue weighted by atomic mass is 9.95. The molecule has 1 unspecified atom stereocenters. The van der Waals surface area contributed by atoms with Crippen molar-refractivity contribution in [3.63, 3.8) is 0 Å². The van der Waals surface area contributed by atoms with E-state index in [9.17, 15) is 13.2 Å². The van der Waals surface area contributed by atoms with Gasteiger partial charge in [0.1, 0.15) is 11.4 Å². The molecule has 2 saturated heterocycles. The highest BCUT2D eigenvalue weighted by molar-refractivity contribution is 5.64. The molecule has 0 bridgehead atoms. The number of nitrogens with zero attached hydrogens (tertiary/aromatic N) is 4. The minimum atomic E-state index is -4.39. The quantitative estimate of drug-likeness (QED) is 0.618. The molecule has 0 saturated carbocycles. The molecule has 5 rings (SSSR count). The first kappa shape index (κ1) is 17.5. The van der Waals surface area contributed by atoms with Crippen LogP contribution in [0.25, 0.3) is 16.9 Å². The van der Waals surface area contributed by atoms with Crippen LogP contribution in [-0.2, 0) is 10.9 Å². The molecule has 8 heteroatoms. The van der Waals surface area contributed by atoms with Gasteiger partial charge in [0.15, 0.2) is 5.65 Å². The van der Waals surface area contributed by atoms with Crippen LogP contribution in [0.15, 0.2) is 42.6 Å². The van der Waals surface area contributed by atoms with Gasteiger partial charge in [-0.15, -0.1) is 5.10 Å². The molecule has 0 radical (unpaired) electrons. The Bertz CT molecular complexity index is 1070. The number of alkyl halides is 3. The van der Waals surface area contributed by atoms with Crippen LogP contribution in [-0.4, -0.2) is 38.9 Å². The Balaban J connectivity index is 1.52. The summed E-state index contributed by atoms with van der Waals surface area (Å²) in [6, 6.07) is 8.96. The average Bonchev–Trinajstić information content (AvgIpc) is 3.02. The van der Waals surface area contributed by atoms with Gasteiger partial charge in [0.25, 0.3) is 0 Å². The van der Waals surface area contributed by atoms with Crippen LogP contribution in [0.4, 0.5) is 19.0 Å². The number of imidazole rings is 1. The highest BCUT2D eigenvalue weighted by atomic mass is 19.4. The minimum absolute atomic E-state index is 0.121. The van der Waals surface area contributed by atoms with Crippen molar-refractivity contribution in [2.75, 3.05) is 18.0 Å². The SMILES string of the molecule is CC1(C)OC12CCN(c1ccc3ncc(-c4cccc(C(F)(F)F)c4)n3n1)C2. The molecule has 0 aliphatic carbocycles. The zero-order chi connectivity index (χ0) is 19.7. The molecule has 1 aromatic carbocycles. The van der Waals surface area contributed by atoms with Crippen LogP contribution < -0.4 is 4.90 Å². The van der Waals surface area contributed by atoms with Gasteiger partial charge >= 0.3 is 6.18 Å². The molecule has 4 heterocycles. The van der Waals surface area contributed by atoms with E-state index in [0.717, 1.165) is 37.5 Å². The number of ether oxygens (including phenoxy) is 1. The van der Waals surface area contributed by atoms with Crippen molar-refractivity contribution in [1.29, 1.82) is 0 Å². The van der Waals surface area contributed by atoms with Crippen molar-refractivity contribution in [1.82, 2.24) is 14.6 Å². The predicted octanol–water partition coefficient (Wildman–Crippen LogP) is 4.17. The van der Waals surface area contributed by atoms with Crippen molar-refractivity contribution in [3.05, 3.63) is 48.2 Å². The Kier molecular flexibility index (Phi) is 3.42. The second kappa shape index (κ2) is 5.47. The summed E-state index contributed by atoms with van der Waals surface area (Å²) < 4.78 is 46.8. The van der Waals surface area contributed by atoms with E-state index in [1.165, 1.54) is 6.07 Å². The van der Waals surface area contributed by atoms with Crippen LogP contribution in [0.2, 0.25) is 0 Å². The second-order valence-electron chi connectivity index (χ2n) is 7.96. The number of aromatic nitrogens is 3. The molecule has 2 aliphatic rings. The standard InChI is InChI=1S/C20H19F3N4O/c1-18(2)19(28-18)8-9-26(12-19)17-7-6-16-24-11-15(27(16)25-17)13-4-3-5-14(10-13)20(21,22)23/h3-7,10-11H,8-9,12H2,1-2H3. The van der Waals surface area contributed by atoms with Gasteiger partial charge in [-0.25, -0.2) is 9.50 Å². The molecule has 0 N–H and O–H groups in total. The summed E-state index contributed by atoms with van der Waals surface area (Å²) in [7, 11) is 0. The summed E-state index contributed by atoms with van der Waals surface area (Å²) in [5.41, 5.74) is 0.613. The van der Waals surface area contributed by atoms with Crippen molar-refractivity contribution >= 4 is 11.5 Å². The molecule has 146 valence electrons. The molecular formula is C20H19F3N4O. The number of anilines is 1. The average molecular weight is 388 g/mol. The van der Waals surface area contributed by atoms with Gasteiger partial charge in [0.2, 0.25) is 0 Å². The fourth-order valence-corrected chi connectivity index (χ4v) is 4.10. The zero-order valence-corrected chi connectivity index (χ0v) is 15.5. The van der Waals surface area contributed by atoms with E-state index >= 15 is 0 Å². The van der Waals surface area contributed by atoms with Crippen LogP contribution >= 0.6 is 0 Å². The highest BCUT2D eigenvalue weighted by Gasteiger charge is 2.66. The van der Waals surface area contributed by atoms with E-state index in [-0.39, 0.29) is 11.2 Å². The molecule has 1 spiro atoms. The van der Waals surface area contributed by atoms with E-state index in [0.29, 0.717) is 16.9 Å². The van der Waals surface area contributed by atoms with E-state index in [2.05, 4.69) is 28.8 Å². The van der Waals surface area contributed by atoms with E-state index in [1.807, 2.05) is 12.1 Å². The number of hydrogen-bond acceptors (Lipinski definition) is 4. The first-order valence-corrected chi connectivity index (χ1v) is 9.16. The summed E-state index contributed by atoms with van der Waals surface area (Å²) in [6.45, 7) is 5.77. The van der Waals surface area contributed by atoms with Gasteiger partial charge in [-0.3, -0.25) is 0 Å². The van der Waals surface area contributed by atoms with Gasteiger partial charge in [-0.05, 0) is 44.5 Å².